The Hall–Kier alpha value is -1.74. The lowest BCUT2D eigenvalue weighted by molar-refractivity contribution is -0.298. The molecule has 21 heavy (non-hydrogen) atoms. The van der Waals surface area contributed by atoms with Gasteiger partial charge in [0.1, 0.15) is 5.76 Å². The van der Waals surface area contributed by atoms with Gasteiger partial charge in [-0.15, -0.1) is 10.2 Å². The maximum atomic E-state index is 11.2. The van der Waals surface area contributed by atoms with Gasteiger partial charge in [0.05, 0.1) is 10.4 Å². The van der Waals surface area contributed by atoms with Gasteiger partial charge >= 0.3 is 0 Å². The Morgan fingerprint density at radius 3 is 2.62 bits per heavy atom. The molecule has 0 saturated carbocycles. The van der Waals surface area contributed by atoms with Crippen molar-refractivity contribution < 1.29 is 18.7 Å². The summed E-state index contributed by atoms with van der Waals surface area (Å²) in [6.45, 7) is 1.62. The molecule has 2 aromatic rings. The highest BCUT2D eigenvalue weighted by Gasteiger charge is 2.13. The number of rotatable bonds is 5. The number of hydrogen-bond donors (Lipinski definition) is 0. The number of carboxylic acid groups (broad SMARTS) is 1. The summed E-state index contributed by atoms with van der Waals surface area (Å²) < 4.78 is 11.4. The zero-order valence-corrected chi connectivity index (χ0v) is 13.8. The van der Waals surface area contributed by atoms with Crippen LogP contribution in [0.3, 0.4) is 0 Å². The van der Waals surface area contributed by atoms with Gasteiger partial charge in [0.2, 0.25) is 11.8 Å². The minimum Gasteiger partial charge on any atom is -0.544 e. The number of halogens is 1. The van der Waals surface area contributed by atoms with E-state index in [-0.39, 0.29) is 10.1 Å². The van der Waals surface area contributed by atoms with Crippen molar-refractivity contribution in [3.05, 3.63) is 27.1 Å². The van der Waals surface area contributed by atoms with Crippen LogP contribution in [0, 0.1) is 6.92 Å². The van der Waals surface area contributed by atoms with E-state index < -0.39 is 5.97 Å². The number of aliphatic carboxylic acids is 1. The molecule has 0 amide bonds. The van der Waals surface area contributed by atoms with Gasteiger partial charge in [-0.25, -0.2) is 0 Å². The molecule has 112 valence electrons. The molecule has 0 atom stereocenters. The monoisotopic (exact) mass is 372 g/mol. The van der Waals surface area contributed by atoms with Gasteiger partial charge in [0.15, 0.2) is 0 Å². The van der Waals surface area contributed by atoms with Gasteiger partial charge in [-0.1, -0.05) is 0 Å². The molecule has 2 rings (SSSR count). The van der Waals surface area contributed by atoms with Gasteiger partial charge in [-0.2, -0.15) is 0 Å². The molecule has 7 nitrogen and oxygen atoms in total. The summed E-state index contributed by atoms with van der Waals surface area (Å²) in [5.41, 5.74) is 0. The fourth-order valence-corrected chi connectivity index (χ4v) is 2.78. The zero-order valence-electron chi connectivity index (χ0n) is 11.4. The van der Waals surface area contributed by atoms with Crippen LogP contribution in [0.2, 0.25) is 0 Å². The fourth-order valence-electron chi connectivity index (χ4n) is 1.43. The number of thioether (sulfide) groups is 1. The van der Waals surface area contributed by atoms with E-state index >= 15 is 0 Å². The normalized spacial score (nSPS) is 11.7. The van der Waals surface area contributed by atoms with Crippen LogP contribution in [0.1, 0.15) is 11.7 Å². The number of aryl methyl sites for hydroxylation is 1. The average molecular weight is 373 g/mol. The molecule has 0 unspecified atom stereocenters. The number of aromatic nitrogens is 2. The molecule has 9 heteroatoms. The number of nitrogens with zero attached hydrogens (tertiary/aromatic N) is 3. The lowest BCUT2D eigenvalue weighted by Gasteiger charge is -2.08. The van der Waals surface area contributed by atoms with Gasteiger partial charge in [0, 0.05) is 32.0 Å². The van der Waals surface area contributed by atoms with E-state index in [1.807, 2.05) is 14.1 Å². The molecule has 0 bridgehead atoms. The number of carbonyl (C=O) groups is 1. The minimum atomic E-state index is -1.35. The second-order valence-corrected chi connectivity index (χ2v) is 6.03. The first-order valence-electron chi connectivity index (χ1n) is 5.74. The number of carbonyl (C=O) groups excluding carboxylic acids is 1. The van der Waals surface area contributed by atoms with Crippen molar-refractivity contribution in [1.82, 2.24) is 10.2 Å². The predicted octanol–water partition coefficient (Wildman–Crippen LogP) is 1.68. The zero-order chi connectivity index (χ0) is 15.6. The molecule has 0 fully saturated rings. The maximum Gasteiger partial charge on any atom is 0.281 e. The second-order valence-electron chi connectivity index (χ2n) is 4.18. The standard InChI is InChI=1S/C12H12BrN3O4S/c1-6-14-15-12(19-6)21-9(11(17)18)5-7-4-8(13)10(20-7)16(2)3/h4-5H,1-3H3,(H,17,18)/p-1/b9-5-. The summed E-state index contributed by atoms with van der Waals surface area (Å²) in [5, 5.41) is 18.7. The first-order valence-corrected chi connectivity index (χ1v) is 7.35. The Balaban J connectivity index is 2.29. The van der Waals surface area contributed by atoms with E-state index in [0.717, 1.165) is 16.2 Å². The molecular weight excluding hydrogens is 362 g/mol. The van der Waals surface area contributed by atoms with Crippen molar-refractivity contribution in [2.24, 2.45) is 0 Å². The molecule has 2 heterocycles. The van der Waals surface area contributed by atoms with Crippen molar-refractivity contribution in [3.63, 3.8) is 0 Å². The minimum absolute atomic E-state index is 0.0924. The van der Waals surface area contributed by atoms with E-state index in [1.54, 1.807) is 17.9 Å². The smallest absolute Gasteiger partial charge is 0.281 e. The van der Waals surface area contributed by atoms with Crippen LogP contribution in [-0.2, 0) is 4.79 Å². The molecule has 0 radical (unpaired) electrons. The number of carboxylic acids is 1. The third-order valence-corrected chi connectivity index (χ3v) is 3.69. The van der Waals surface area contributed by atoms with Gasteiger partial charge in [-0.05, 0) is 33.8 Å². The number of anilines is 1. The van der Waals surface area contributed by atoms with E-state index in [1.165, 1.54) is 6.08 Å². The first-order chi connectivity index (χ1) is 9.86. The summed E-state index contributed by atoms with van der Waals surface area (Å²) in [7, 11) is 3.62. The third-order valence-electron chi connectivity index (χ3n) is 2.27. The maximum absolute atomic E-state index is 11.2. The summed E-state index contributed by atoms with van der Waals surface area (Å²) in [6, 6.07) is 1.66. The van der Waals surface area contributed by atoms with E-state index in [9.17, 15) is 9.90 Å². The van der Waals surface area contributed by atoms with Crippen LogP contribution in [0.15, 0.2) is 29.5 Å². The Bertz CT molecular complexity index is 692. The Morgan fingerprint density at radius 1 is 1.43 bits per heavy atom. The molecular formula is C12H11BrN3O4S-. The van der Waals surface area contributed by atoms with Gasteiger partial charge < -0.3 is 23.6 Å². The van der Waals surface area contributed by atoms with Gasteiger partial charge in [0.25, 0.3) is 5.22 Å². The number of hydrogen-bond acceptors (Lipinski definition) is 8. The Morgan fingerprint density at radius 2 is 2.14 bits per heavy atom. The molecule has 0 spiro atoms. The van der Waals surface area contributed by atoms with Gasteiger partial charge in [-0.3, -0.25) is 0 Å². The van der Waals surface area contributed by atoms with E-state index in [2.05, 4.69) is 26.1 Å². The molecule has 0 N–H and O–H groups in total. The molecule has 0 saturated heterocycles. The van der Waals surface area contributed by atoms with E-state index in [4.69, 9.17) is 8.83 Å². The van der Waals surface area contributed by atoms with Crippen LogP contribution in [0.4, 0.5) is 5.88 Å². The summed E-state index contributed by atoms with van der Waals surface area (Å²) in [4.78, 5) is 12.9. The van der Waals surface area contributed by atoms with Crippen molar-refractivity contribution in [2.45, 2.75) is 12.1 Å². The Kier molecular flexibility index (Phi) is 4.73. The highest BCUT2D eigenvalue weighted by Crippen LogP contribution is 2.32. The number of furan rings is 1. The summed E-state index contributed by atoms with van der Waals surface area (Å²) >= 11 is 4.15. The van der Waals surface area contributed by atoms with Crippen LogP contribution < -0.4 is 10.0 Å². The highest BCUT2D eigenvalue weighted by atomic mass is 79.9. The lowest BCUT2D eigenvalue weighted by Crippen LogP contribution is -2.22. The van der Waals surface area contributed by atoms with Crippen LogP contribution in [0.25, 0.3) is 6.08 Å². The largest absolute Gasteiger partial charge is 0.544 e. The Labute approximate surface area is 133 Å². The SMILES string of the molecule is Cc1nnc(S/C(=C\c2cc(Br)c(N(C)C)o2)C(=O)[O-])o1. The second kappa shape index (κ2) is 6.35. The van der Waals surface area contributed by atoms with Crippen LogP contribution in [-0.4, -0.2) is 30.3 Å². The van der Waals surface area contributed by atoms with Crippen LogP contribution in [0.5, 0.6) is 0 Å². The third kappa shape index (κ3) is 3.88. The summed E-state index contributed by atoms with van der Waals surface area (Å²) in [5.74, 6) is -0.0493. The van der Waals surface area contributed by atoms with Crippen molar-refractivity contribution in [2.75, 3.05) is 19.0 Å². The van der Waals surface area contributed by atoms with Crippen molar-refractivity contribution in [3.8, 4) is 0 Å². The molecule has 0 aliphatic heterocycles. The van der Waals surface area contributed by atoms with Crippen LogP contribution >= 0.6 is 27.7 Å². The predicted molar refractivity (Wildman–Crippen MR) is 78.6 cm³/mol. The quantitative estimate of drug-likeness (QED) is 0.577. The molecule has 2 aromatic heterocycles. The fraction of sp³-hybridized carbons (Fsp3) is 0.250. The van der Waals surface area contributed by atoms with Crippen molar-refractivity contribution >= 4 is 45.6 Å². The lowest BCUT2D eigenvalue weighted by atomic mass is 10.4. The topological polar surface area (TPSA) is 95.4 Å². The average Bonchev–Trinajstić information content (AvgIpc) is 2.95. The molecule has 0 aliphatic carbocycles. The first kappa shape index (κ1) is 15.6. The summed E-state index contributed by atoms with van der Waals surface area (Å²) in [6.07, 6.45) is 1.34. The van der Waals surface area contributed by atoms with E-state index in [0.29, 0.717) is 17.5 Å². The van der Waals surface area contributed by atoms with Crippen molar-refractivity contribution in [1.29, 1.82) is 0 Å². The molecule has 0 aromatic carbocycles. The molecule has 0 aliphatic rings. The highest BCUT2D eigenvalue weighted by molar-refractivity contribution is 9.10.